The second kappa shape index (κ2) is 3.83. The summed E-state index contributed by atoms with van der Waals surface area (Å²) in [6, 6.07) is 0. The van der Waals surface area contributed by atoms with Gasteiger partial charge in [0.25, 0.3) is 0 Å². The summed E-state index contributed by atoms with van der Waals surface area (Å²) >= 11 is 2.05. The quantitative estimate of drug-likeness (QED) is 0.346. The molecule has 0 bridgehead atoms. The van der Waals surface area contributed by atoms with Crippen molar-refractivity contribution in [3.63, 3.8) is 0 Å². The minimum absolute atomic E-state index is 0.123. The molecule has 0 saturated heterocycles. The molecule has 0 rings (SSSR count). The summed E-state index contributed by atoms with van der Waals surface area (Å²) in [5, 5.41) is 0. The van der Waals surface area contributed by atoms with Crippen LogP contribution in [0.2, 0.25) is 0 Å². The van der Waals surface area contributed by atoms with Crippen LogP contribution in [-0.4, -0.2) is 4.17 Å². The largest absolute Gasteiger partial charge is 0.335 e. The molecule has 0 aliphatic heterocycles. The van der Waals surface area contributed by atoms with Crippen LogP contribution in [0.15, 0.2) is 0 Å². The van der Waals surface area contributed by atoms with Crippen LogP contribution in [0.1, 0.15) is 0 Å². The maximum Gasteiger partial charge on any atom is 0.335 e. The first kappa shape index (κ1) is 4.83. The van der Waals surface area contributed by atoms with Crippen molar-refractivity contribution in [1.29, 1.82) is 0 Å². The molecular formula is CH3IOP+. The molecule has 0 aliphatic rings. The van der Waals surface area contributed by atoms with E-state index in [2.05, 4.69) is 22.6 Å². The first-order chi connectivity index (χ1) is 1.91. The van der Waals surface area contributed by atoms with Crippen LogP contribution in [-0.2, 0) is 4.57 Å². The molecule has 0 N–H and O–H groups in total. The fourth-order valence-corrected chi connectivity index (χ4v) is 0. The predicted molar refractivity (Wildman–Crippen MR) is 27.9 cm³/mol. The lowest BCUT2D eigenvalue weighted by molar-refractivity contribution is 0.601. The highest BCUT2D eigenvalue weighted by molar-refractivity contribution is 14.1. The second-order valence-electron chi connectivity index (χ2n) is 0.278. The highest BCUT2D eigenvalue weighted by Crippen LogP contribution is 1.94. The molecule has 1 atom stereocenters. The molecule has 0 radical (unpaired) electrons. The number of alkyl halides is 1. The predicted octanol–water partition coefficient (Wildman–Crippen LogP) is 1.40. The minimum atomic E-state index is -0.123. The van der Waals surface area contributed by atoms with Gasteiger partial charge < -0.3 is 0 Å². The molecule has 0 aliphatic carbocycles. The first-order valence-electron chi connectivity index (χ1n) is 0.825. The van der Waals surface area contributed by atoms with E-state index in [1.54, 1.807) is 0 Å². The van der Waals surface area contributed by atoms with Crippen LogP contribution in [0.25, 0.3) is 0 Å². The summed E-state index contributed by atoms with van der Waals surface area (Å²) in [4.78, 5) is 0. The van der Waals surface area contributed by atoms with Gasteiger partial charge in [-0.05, 0) is 22.6 Å². The average molecular weight is 189 g/mol. The summed E-state index contributed by atoms with van der Waals surface area (Å²) < 4.78 is 10.1. The third-order valence-corrected chi connectivity index (χ3v) is 1.10. The Kier molecular flexibility index (Phi) is 4.62. The van der Waals surface area contributed by atoms with Crippen LogP contribution in [0.5, 0.6) is 0 Å². The van der Waals surface area contributed by atoms with Crippen LogP contribution >= 0.6 is 31.1 Å². The summed E-state index contributed by atoms with van der Waals surface area (Å²) in [6.07, 6.45) is 0. The van der Waals surface area contributed by atoms with Crippen molar-refractivity contribution in [3.8, 4) is 0 Å². The Morgan fingerprint density at radius 2 is 2.25 bits per heavy atom. The lowest BCUT2D eigenvalue weighted by Gasteiger charge is -1.34. The van der Waals surface area contributed by atoms with Crippen LogP contribution in [0.4, 0.5) is 0 Å². The molecule has 0 aromatic heterocycles. The zero-order valence-electron chi connectivity index (χ0n) is 1.99. The molecule has 4 heavy (non-hydrogen) atoms. The van der Waals surface area contributed by atoms with Gasteiger partial charge >= 0.3 is 8.46 Å². The molecular weight excluding hydrogens is 186 g/mol. The van der Waals surface area contributed by atoms with Gasteiger partial charge in [0, 0.05) is 0 Å². The van der Waals surface area contributed by atoms with E-state index in [1.165, 1.54) is 0 Å². The average Bonchev–Trinajstić information content (AvgIpc) is 1.37. The highest BCUT2D eigenvalue weighted by Gasteiger charge is 1.70. The van der Waals surface area contributed by atoms with Crippen LogP contribution in [0, 0.1) is 0 Å². The smallest absolute Gasteiger partial charge is 0.0766 e. The third kappa shape index (κ3) is 2.83. The Morgan fingerprint density at radius 3 is 2.25 bits per heavy atom. The van der Waals surface area contributed by atoms with E-state index in [4.69, 9.17) is 0 Å². The van der Waals surface area contributed by atoms with Gasteiger partial charge in [-0.15, -0.1) is 0 Å². The number of halogens is 1. The monoisotopic (exact) mass is 189 g/mol. The van der Waals surface area contributed by atoms with Crippen molar-refractivity contribution in [3.05, 3.63) is 0 Å². The number of hydrogen-bond donors (Lipinski definition) is 0. The van der Waals surface area contributed by atoms with Gasteiger partial charge in [-0.3, -0.25) is 0 Å². The Bertz CT molecular complexity index is 22.0. The van der Waals surface area contributed by atoms with E-state index in [9.17, 15) is 4.57 Å². The molecule has 1 unspecified atom stereocenters. The van der Waals surface area contributed by atoms with Gasteiger partial charge in [-0.1, -0.05) is 4.57 Å². The standard InChI is InChI=1S/CH2IOP/c2-1-4-3/h1H2/p+1. The zero-order chi connectivity index (χ0) is 3.41. The Hall–Kier alpha value is 0.830. The minimum Gasteiger partial charge on any atom is -0.0766 e. The second-order valence-corrected chi connectivity index (χ2v) is 3.12. The van der Waals surface area contributed by atoms with Gasteiger partial charge in [0.05, 0.1) is 0 Å². The molecule has 0 saturated carbocycles. The lowest BCUT2D eigenvalue weighted by Crippen LogP contribution is -1.26. The SMILES string of the molecule is O=[PH+]CI. The van der Waals surface area contributed by atoms with Crippen molar-refractivity contribution in [2.75, 3.05) is 4.17 Å². The molecule has 0 amide bonds. The van der Waals surface area contributed by atoms with Gasteiger partial charge in [0.1, 0.15) is 0 Å². The summed E-state index contributed by atoms with van der Waals surface area (Å²) in [5.74, 6) is 0. The first-order valence-corrected chi connectivity index (χ1v) is 3.47. The Balaban J connectivity index is 2.30. The van der Waals surface area contributed by atoms with Crippen molar-refractivity contribution in [1.82, 2.24) is 0 Å². The van der Waals surface area contributed by atoms with Gasteiger partial charge in [-0.2, -0.15) is 0 Å². The molecule has 0 heterocycles. The maximum atomic E-state index is 9.32. The number of hydrogen-bond acceptors (Lipinski definition) is 1. The van der Waals surface area contributed by atoms with E-state index >= 15 is 0 Å². The number of rotatable bonds is 1. The third-order valence-electron chi connectivity index (χ3n) is 0.0546. The molecule has 3 heteroatoms. The Morgan fingerprint density at radius 1 is 2.00 bits per heavy atom. The Labute approximate surface area is 40.1 Å². The fraction of sp³-hybridized carbons (Fsp3) is 1.00. The topological polar surface area (TPSA) is 17.1 Å². The van der Waals surface area contributed by atoms with Crippen LogP contribution < -0.4 is 0 Å². The maximum absolute atomic E-state index is 9.32. The molecule has 0 fully saturated rings. The van der Waals surface area contributed by atoms with Crippen molar-refractivity contribution >= 4 is 31.1 Å². The van der Waals surface area contributed by atoms with Crippen molar-refractivity contribution < 1.29 is 4.57 Å². The van der Waals surface area contributed by atoms with E-state index in [0.29, 0.717) is 0 Å². The van der Waals surface area contributed by atoms with Gasteiger partial charge in [-0.25, -0.2) is 0 Å². The van der Waals surface area contributed by atoms with E-state index in [1.807, 2.05) is 0 Å². The van der Waals surface area contributed by atoms with Gasteiger partial charge in [0.15, 0.2) is 4.17 Å². The van der Waals surface area contributed by atoms with E-state index in [0.717, 1.165) is 4.17 Å². The summed E-state index contributed by atoms with van der Waals surface area (Å²) in [5.41, 5.74) is 0. The summed E-state index contributed by atoms with van der Waals surface area (Å²) in [7, 11) is -0.123. The molecule has 1 nitrogen and oxygen atoms in total. The van der Waals surface area contributed by atoms with Crippen LogP contribution in [0.3, 0.4) is 0 Å². The van der Waals surface area contributed by atoms with Crippen molar-refractivity contribution in [2.24, 2.45) is 0 Å². The normalized spacial score (nSPS) is 8.25. The molecule has 0 aromatic rings. The fourth-order valence-electron chi connectivity index (χ4n) is 0. The highest BCUT2D eigenvalue weighted by atomic mass is 127. The van der Waals surface area contributed by atoms with Crippen molar-refractivity contribution in [2.45, 2.75) is 0 Å². The summed E-state index contributed by atoms with van der Waals surface area (Å²) in [6.45, 7) is 0. The lowest BCUT2D eigenvalue weighted by atomic mass is 11.9. The van der Waals surface area contributed by atoms with E-state index < -0.39 is 0 Å². The van der Waals surface area contributed by atoms with E-state index in [-0.39, 0.29) is 8.46 Å². The molecule has 24 valence electrons. The zero-order valence-corrected chi connectivity index (χ0v) is 5.15. The molecule has 0 aromatic carbocycles. The van der Waals surface area contributed by atoms with Gasteiger partial charge in [0.2, 0.25) is 0 Å². The molecule has 0 spiro atoms.